The first kappa shape index (κ1) is 8.82. The van der Waals surface area contributed by atoms with Crippen molar-refractivity contribution in [3.05, 3.63) is 28.5 Å². The fraction of sp³-hybridized carbons (Fsp3) is 0.143. The van der Waals surface area contributed by atoms with E-state index in [-0.39, 0.29) is 5.91 Å². The highest BCUT2D eigenvalue weighted by Crippen LogP contribution is 2.00. The summed E-state index contributed by atoms with van der Waals surface area (Å²) in [4.78, 5) is 15.3. The van der Waals surface area contributed by atoms with E-state index in [2.05, 4.69) is 25.7 Å². The minimum Gasteiger partial charge on any atom is -0.345 e. The summed E-state index contributed by atoms with van der Waals surface area (Å²) in [5.41, 5.74) is 2.73. The zero-order chi connectivity index (χ0) is 9.80. The smallest absolute Gasteiger partial charge is 0.271 e. The molecule has 72 valence electrons. The van der Waals surface area contributed by atoms with Crippen LogP contribution in [0, 0.1) is 0 Å². The summed E-state index contributed by atoms with van der Waals surface area (Å²) < 4.78 is 0. The summed E-state index contributed by atoms with van der Waals surface area (Å²) >= 11 is 1.39. The second kappa shape index (κ2) is 3.97. The second-order valence-electron chi connectivity index (χ2n) is 2.52. The number of amides is 1. The van der Waals surface area contributed by atoms with Gasteiger partial charge in [-0.25, -0.2) is 4.98 Å². The van der Waals surface area contributed by atoms with Gasteiger partial charge < -0.3 is 5.32 Å². The predicted molar refractivity (Wildman–Crippen MR) is 49.7 cm³/mol. The Morgan fingerprint density at radius 1 is 1.64 bits per heavy atom. The van der Waals surface area contributed by atoms with Crippen LogP contribution in [0.15, 0.2) is 17.1 Å². The first-order valence-electron chi connectivity index (χ1n) is 3.87. The van der Waals surface area contributed by atoms with E-state index in [4.69, 9.17) is 0 Å². The van der Waals surface area contributed by atoms with Gasteiger partial charge in [0.25, 0.3) is 5.91 Å². The standard InChI is InChI=1S/C7H7N5OS/c13-7(6-3-14-4-9-6)8-1-5-2-10-12-11-5/h2-4H,1H2,(H,8,13)(H,10,11,12). The number of rotatable bonds is 3. The molecular formula is C7H7N5OS. The fourth-order valence-corrected chi connectivity index (χ4v) is 1.43. The van der Waals surface area contributed by atoms with Crippen molar-refractivity contribution < 1.29 is 4.79 Å². The summed E-state index contributed by atoms with van der Waals surface area (Å²) in [6, 6.07) is 0. The molecule has 2 aromatic rings. The number of aromatic amines is 1. The van der Waals surface area contributed by atoms with E-state index in [1.165, 1.54) is 11.3 Å². The molecule has 2 N–H and O–H groups in total. The van der Waals surface area contributed by atoms with Gasteiger partial charge in [-0.2, -0.15) is 15.4 Å². The fourth-order valence-electron chi connectivity index (χ4n) is 0.897. The molecule has 0 radical (unpaired) electrons. The SMILES string of the molecule is O=C(NCc1cn[nH]n1)c1cscn1. The van der Waals surface area contributed by atoms with Crippen LogP contribution in [0.1, 0.15) is 16.2 Å². The average Bonchev–Trinajstić information content (AvgIpc) is 2.87. The van der Waals surface area contributed by atoms with Crippen molar-refractivity contribution in [3.8, 4) is 0 Å². The maximum atomic E-state index is 11.4. The minimum atomic E-state index is -0.200. The molecule has 2 rings (SSSR count). The lowest BCUT2D eigenvalue weighted by atomic mass is 10.4. The highest BCUT2D eigenvalue weighted by molar-refractivity contribution is 7.07. The Kier molecular flexibility index (Phi) is 2.50. The van der Waals surface area contributed by atoms with Gasteiger partial charge in [0.1, 0.15) is 11.4 Å². The third kappa shape index (κ3) is 1.94. The summed E-state index contributed by atoms with van der Waals surface area (Å²) in [7, 11) is 0. The lowest BCUT2D eigenvalue weighted by Crippen LogP contribution is -2.23. The number of H-pyrrole nitrogens is 1. The summed E-state index contributed by atoms with van der Waals surface area (Å²) in [5.74, 6) is -0.200. The lowest BCUT2D eigenvalue weighted by molar-refractivity contribution is 0.0946. The highest BCUT2D eigenvalue weighted by Gasteiger charge is 2.07. The third-order valence-corrected chi connectivity index (χ3v) is 2.15. The van der Waals surface area contributed by atoms with Crippen molar-refractivity contribution in [3.63, 3.8) is 0 Å². The molecule has 1 amide bonds. The van der Waals surface area contributed by atoms with Crippen LogP contribution in [0.25, 0.3) is 0 Å². The molecule has 0 aliphatic rings. The molecule has 2 heterocycles. The van der Waals surface area contributed by atoms with Gasteiger partial charge in [0, 0.05) is 5.38 Å². The number of hydrogen-bond donors (Lipinski definition) is 2. The lowest BCUT2D eigenvalue weighted by Gasteiger charge is -1.98. The topological polar surface area (TPSA) is 83.6 Å². The van der Waals surface area contributed by atoms with Gasteiger partial charge in [-0.3, -0.25) is 4.79 Å². The molecule has 0 aliphatic carbocycles. The highest BCUT2D eigenvalue weighted by atomic mass is 32.1. The number of hydrogen-bond acceptors (Lipinski definition) is 5. The van der Waals surface area contributed by atoms with Crippen molar-refractivity contribution in [2.24, 2.45) is 0 Å². The molecule has 7 heteroatoms. The summed E-state index contributed by atoms with van der Waals surface area (Å²) in [6.45, 7) is 0.354. The Morgan fingerprint density at radius 3 is 3.21 bits per heavy atom. The maximum Gasteiger partial charge on any atom is 0.271 e. The van der Waals surface area contributed by atoms with Crippen LogP contribution in [-0.2, 0) is 6.54 Å². The first-order valence-corrected chi connectivity index (χ1v) is 4.81. The Balaban J connectivity index is 1.90. The molecule has 6 nitrogen and oxygen atoms in total. The zero-order valence-electron chi connectivity index (χ0n) is 7.10. The molecule has 0 spiro atoms. The molecular weight excluding hydrogens is 202 g/mol. The van der Waals surface area contributed by atoms with E-state index in [9.17, 15) is 4.79 Å². The molecule has 0 atom stereocenters. The Morgan fingerprint density at radius 2 is 2.57 bits per heavy atom. The molecule has 14 heavy (non-hydrogen) atoms. The number of carbonyl (C=O) groups is 1. The monoisotopic (exact) mass is 209 g/mol. The van der Waals surface area contributed by atoms with Crippen LogP contribution in [-0.4, -0.2) is 26.3 Å². The molecule has 0 saturated carbocycles. The van der Waals surface area contributed by atoms with Gasteiger partial charge in [0.05, 0.1) is 18.3 Å². The van der Waals surface area contributed by atoms with E-state index in [1.54, 1.807) is 17.1 Å². The van der Waals surface area contributed by atoms with Gasteiger partial charge in [0.2, 0.25) is 0 Å². The van der Waals surface area contributed by atoms with Crippen LogP contribution < -0.4 is 5.32 Å². The second-order valence-corrected chi connectivity index (χ2v) is 3.24. The van der Waals surface area contributed by atoms with Crippen LogP contribution in [0.2, 0.25) is 0 Å². The normalized spacial score (nSPS) is 10.0. The van der Waals surface area contributed by atoms with Gasteiger partial charge in [0.15, 0.2) is 0 Å². The van der Waals surface area contributed by atoms with Crippen LogP contribution in [0.5, 0.6) is 0 Å². The summed E-state index contributed by atoms with van der Waals surface area (Å²) in [6.07, 6.45) is 1.56. The number of nitrogens with zero attached hydrogens (tertiary/aromatic N) is 3. The van der Waals surface area contributed by atoms with Gasteiger partial charge in [-0.15, -0.1) is 11.3 Å². The Hall–Kier alpha value is -1.76. The van der Waals surface area contributed by atoms with Gasteiger partial charge >= 0.3 is 0 Å². The number of nitrogens with one attached hydrogen (secondary N) is 2. The van der Waals surface area contributed by atoms with Crippen molar-refractivity contribution >= 4 is 17.2 Å². The molecule has 0 aliphatic heterocycles. The van der Waals surface area contributed by atoms with E-state index in [1.807, 2.05) is 0 Å². The molecule has 0 saturated heterocycles. The Bertz CT molecular complexity index is 396. The van der Waals surface area contributed by atoms with Crippen molar-refractivity contribution in [2.75, 3.05) is 0 Å². The van der Waals surface area contributed by atoms with E-state index in [0.717, 1.165) is 0 Å². The van der Waals surface area contributed by atoms with Crippen LogP contribution >= 0.6 is 11.3 Å². The zero-order valence-corrected chi connectivity index (χ0v) is 7.91. The quantitative estimate of drug-likeness (QED) is 0.755. The molecule has 2 aromatic heterocycles. The predicted octanol–water partition coefficient (Wildman–Crippen LogP) is 0.191. The molecule has 0 unspecified atom stereocenters. The first-order chi connectivity index (χ1) is 6.86. The Labute approximate surface area is 83.4 Å². The van der Waals surface area contributed by atoms with Gasteiger partial charge in [-0.1, -0.05) is 0 Å². The van der Waals surface area contributed by atoms with Crippen LogP contribution in [0.4, 0.5) is 0 Å². The third-order valence-electron chi connectivity index (χ3n) is 1.56. The number of thiazole rings is 1. The van der Waals surface area contributed by atoms with E-state index >= 15 is 0 Å². The molecule has 0 fully saturated rings. The van der Waals surface area contributed by atoms with Crippen LogP contribution in [0.3, 0.4) is 0 Å². The summed E-state index contributed by atoms with van der Waals surface area (Å²) in [5, 5.41) is 14.2. The van der Waals surface area contributed by atoms with Gasteiger partial charge in [-0.05, 0) is 0 Å². The van der Waals surface area contributed by atoms with E-state index < -0.39 is 0 Å². The average molecular weight is 209 g/mol. The minimum absolute atomic E-state index is 0.200. The van der Waals surface area contributed by atoms with Crippen molar-refractivity contribution in [1.82, 2.24) is 25.7 Å². The maximum absolute atomic E-state index is 11.4. The molecule has 0 bridgehead atoms. The largest absolute Gasteiger partial charge is 0.345 e. The number of aromatic nitrogens is 4. The van der Waals surface area contributed by atoms with Crippen molar-refractivity contribution in [1.29, 1.82) is 0 Å². The van der Waals surface area contributed by atoms with Crippen molar-refractivity contribution in [2.45, 2.75) is 6.54 Å². The van der Waals surface area contributed by atoms with E-state index in [0.29, 0.717) is 17.9 Å². The number of carbonyl (C=O) groups excluding carboxylic acids is 1. The molecule has 0 aromatic carbocycles.